The summed E-state index contributed by atoms with van der Waals surface area (Å²) in [6, 6.07) is 2.28. The van der Waals surface area contributed by atoms with Crippen LogP contribution in [0.15, 0.2) is 18.3 Å². The van der Waals surface area contributed by atoms with Gasteiger partial charge in [-0.15, -0.1) is 0 Å². The molecule has 0 aliphatic carbocycles. The van der Waals surface area contributed by atoms with Gasteiger partial charge in [0.1, 0.15) is 11.6 Å². The van der Waals surface area contributed by atoms with Crippen molar-refractivity contribution < 1.29 is 26.4 Å². The predicted molar refractivity (Wildman–Crippen MR) is 96.2 cm³/mol. The van der Waals surface area contributed by atoms with Gasteiger partial charge in [0.25, 0.3) is 0 Å². The molecule has 0 unspecified atom stereocenters. The summed E-state index contributed by atoms with van der Waals surface area (Å²) in [6.45, 7) is 3.38. The minimum absolute atomic E-state index is 0.0159. The van der Waals surface area contributed by atoms with Crippen LogP contribution in [0.4, 0.5) is 19.0 Å². The molecule has 2 heterocycles. The van der Waals surface area contributed by atoms with E-state index in [4.69, 9.17) is 0 Å². The van der Waals surface area contributed by atoms with E-state index < -0.39 is 33.2 Å². The van der Waals surface area contributed by atoms with Crippen LogP contribution in [-0.4, -0.2) is 61.9 Å². The second-order valence-corrected chi connectivity index (χ2v) is 8.75. The maximum atomic E-state index is 12.6. The summed E-state index contributed by atoms with van der Waals surface area (Å²) in [5, 5.41) is 0. The van der Waals surface area contributed by atoms with Gasteiger partial charge < -0.3 is 9.80 Å². The maximum Gasteiger partial charge on any atom is 0.417 e. The second kappa shape index (κ2) is 8.90. The molecule has 1 aliphatic heterocycles. The zero-order valence-electron chi connectivity index (χ0n) is 15.2. The fraction of sp³-hybridized carbons (Fsp3) is 0.647. The van der Waals surface area contributed by atoms with E-state index in [1.165, 1.54) is 11.0 Å². The fourth-order valence-corrected chi connectivity index (χ4v) is 4.20. The maximum absolute atomic E-state index is 12.6. The van der Waals surface area contributed by atoms with Crippen LogP contribution in [0.25, 0.3) is 0 Å². The van der Waals surface area contributed by atoms with Gasteiger partial charge >= 0.3 is 6.18 Å². The summed E-state index contributed by atoms with van der Waals surface area (Å²) < 4.78 is 61.8. The number of nitrogens with zero attached hydrogens (tertiary/aromatic N) is 3. The Morgan fingerprint density at radius 1 is 1.15 bits per heavy atom. The monoisotopic (exact) mass is 407 g/mol. The topological polar surface area (TPSA) is 70.6 Å². The standard InChI is InChI=1S/C17H24F3N3O3S/c1-2-3-4-11-27(25,26)13-16(24)23-9-7-22(8-10-23)15-6-5-14(12-21-15)17(18,19)20/h5-6,12H,2-4,7-11,13H2,1H3. The number of hydrogen-bond donors (Lipinski definition) is 0. The second-order valence-electron chi connectivity index (χ2n) is 6.57. The first-order valence-corrected chi connectivity index (χ1v) is 10.7. The largest absolute Gasteiger partial charge is 0.417 e. The molecule has 27 heavy (non-hydrogen) atoms. The number of carbonyl (C=O) groups is 1. The van der Waals surface area contributed by atoms with Crippen molar-refractivity contribution in [2.45, 2.75) is 32.4 Å². The number of unbranched alkanes of at least 4 members (excludes halogenated alkanes) is 2. The number of anilines is 1. The Morgan fingerprint density at radius 3 is 2.33 bits per heavy atom. The number of alkyl halides is 3. The van der Waals surface area contributed by atoms with Gasteiger partial charge in [0.05, 0.1) is 11.3 Å². The van der Waals surface area contributed by atoms with Crippen LogP contribution in [0.1, 0.15) is 31.7 Å². The molecule has 0 saturated carbocycles. The first-order valence-electron chi connectivity index (χ1n) is 8.89. The van der Waals surface area contributed by atoms with Crippen LogP contribution >= 0.6 is 0 Å². The van der Waals surface area contributed by atoms with Gasteiger partial charge in [-0.2, -0.15) is 13.2 Å². The summed E-state index contributed by atoms with van der Waals surface area (Å²) in [4.78, 5) is 19.3. The Hall–Kier alpha value is -1.84. The molecular formula is C17H24F3N3O3S. The van der Waals surface area contributed by atoms with Gasteiger partial charge in [0.2, 0.25) is 5.91 Å². The highest BCUT2D eigenvalue weighted by atomic mass is 32.2. The molecule has 0 radical (unpaired) electrons. The lowest BCUT2D eigenvalue weighted by molar-refractivity contribution is -0.137. The van der Waals surface area contributed by atoms with Gasteiger partial charge in [-0.3, -0.25) is 4.79 Å². The van der Waals surface area contributed by atoms with Crippen molar-refractivity contribution in [1.29, 1.82) is 0 Å². The Kier molecular flexibility index (Phi) is 7.07. The molecule has 10 heteroatoms. The SMILES string of the molecule is CCCCCS(=O)(=O)CC(=O)N1CCN(c2ccc(C(F)(F)F)cn2)CC1. The van der Waals surface area contributed by atoms with Crippen LogP contribution < -0.4 is 4.90 Å². The fourth-order valence-electron chi connectivity index (χ4n) is 2.85. The molecule has 1 aliphatic rings. The van der Waals surface area contributed by atoms with E-state index in [1.807, 2.05) is 6.92 Å². The number of hydrogen-bond acceptors (Lipinski definition) is 5. The zero-order chi connectivity index (χ0) is 20.1. The van der Waals surface area contributed by atoms with E-state index >= 15 is 0 Å². The van der Waals surface area contributed by atoms with Gasteiger partial charge in [0.15, 0.2) is 9.84 Å². The minimum Gasteiger partial charge on any atom is -0.353 e. The van der Waals surface area contributed by atoms with Crippen molar-refractivity contribution in [2.24, 2.45) is 0 Å². The summed E-state index contributed by atoms with van der Waals surface area (Å²) in [7, 11) is -3.41. The number of amides is 1. The highest BCUT2D eigenvalue weighted by Crippen LogP contribution is 2.29. The molecule has 152 valence electrons. The normalized spacial score (nSPS) is 15.9. The van der Waals surface area contributed by atoms with E-state index in [9.17, 15) is 26.4 Å². The Bertz CT molecular complexity index is 728. The van der Waals surface area contributed by atoms with E-state index in [0.717, 1.165) is 25.1 Å². The molecule has 2 rings (SSSR count). The first-order chi connectivity index (χ1) is 12.6. The number of aromatic nitrogens is 1. The summed E-state index contributed by atoms with van der Waals surface area (Å²) in [6.07, 6.45) is -1.37. The average molecular weight is 407 g/mol. The van der Waals surface area contributed by atoms with Gasteiger partial charge in [-0.05, 0) is 18.6 Å². The highest BCUT2D eigenvalue weighted by molar-refractivity contribution is 7.92. The van der Waals surface area contributed by atoms with Crippen molar-refractivity contribution in [1.82, 2.24) is 9.88 Å². The summed E-state index contributed by atoms with van der Waals surface area (Å²) in [5.41, 5.74) is -0.812. The number of carbonyl (C=O) groups excluding carboxylic acids is 1. The molecule has 6 nitrogen and oxygen atoms in total. The van der Waals surface area contributed by atoms with Crippen molar-refractivity contribution in [3.8, 4) is 0 Å². The zero-order valence-corrected chi connectivity index (χ0v) is 16.0. The Morgan fingerprint density at radius 2 is 1.81 bits per heavy atom. The molecule has 1 fully saturated rings. The van der Waals surface area contributed by atoms with Crippen LogP contribution in [-0.2, 0) is 20.8 Å². The molecule has 1 aromatic rings. The molecule has 1 aromatic heterocycles. The van der Waals surface area contributed by atoms with E-state index in [-0.39, 0.29) is 5.75 Å². The Labute approximate surface area is 157 Å². The van der Waals surface area contributed by atoms with E-state index in [0.29, 0.717) is 38.4 Å². The van der Waals surface area contributed by atoms with E-state index in [1.54, 1.807) is 4.90 Å². The quantitative estimate of drug-likeness (QED) is 0.649. The molecular weight excluding hydrogens is 383 g/mol. The van der Waals surface area contributed by atoms with Gasteiger partial charge in [0, 0.05) is 32.4 Å². The smallest absolute Gasteiger partial charge is 0.353 e. The number of sulfone groups is 1. The van der Waals surface area contributed by atoms with Gasteiger partial charge in [-0.1, -0.05) is 19.8 Å². The Balaban J connectivity index is 1.86. The van der Waals surface area contributed by atoms with Crippen molar-refractivity contribution in [2.75, 3.05) is 42.6 Å². The number of piperazine rings is 1. The molecule has 0 aromatic carbocycles. The van der Waals surface area contributed by atoms with Gasteiger partial charge in [-0.25, -0.2) is 13.4 Å². The highest BCUT2D eigenvalue weighted by Gasteiger charge is 2.31. The van der Waals surface area contributed by atoms with Crippen LogP contribution in [0.5, 0.6) is 0 Å². The van der Waals surface area contributed by atoms with Crippen molar-refractivity contribution in [3.63, 3.8) is 0 Å². The van der Waals surface area contributed by atoms with Crippen LogP contribution in [0.3, 0.4) is 0 Å². The third kappa shape index (κ3) is 6.37. The molecule has 1 amide bonds. The number of rotatable bonds is 7. The lowest BCUT2D eigenvalue weighted by atomic mass is 10.2. The van der Waals surface area contributed by atoms with Crippen molar-refractivity contribution >= 4 is 21.6 Å². The third-order valence-electron chi connectivity index (χ3n) is 4.43. The molecule has 1 saturated heterocycles. The molecule has 0 atom stereocenters. The average Bonchev–Trinajstić information content (AvgIpc) is 2.61. The molecule has 0 bridgehead atoms. The summed E-state index contributed by atoms with van der Waals surface area (Å²) in [5.74, 6) is -0.495. The first kappa shape index (κ1) is 21.5. The predicted octanol–water partition coefficient (Wildman–Crippen LogP) is 2.35. The number of halogens is 3. The van der Waals surface area contributed by atoms with Crippen LogP contribution in [0.2, 0.25) is 0 Å². The lowest BCUT2D eigenvalue weighted by Crippen LogP contribution is -2.50. The van der Waals surface area contributed by atoms with E-state index in [2.05, 4.69) is 4.98 Å². The minimum atomic E-state index is -4.43. The van der Waals surface area contributed by atoms with Crippen LogP contribution in [0, 0.1) is 0 Å². The molecule has 0 N–H and O–H groups in total. The molecule has 0 spiro atoms. The number of pyridine rings is 1. The summed E-state index contributed by atoms with van der Waals surface area (Å²) >= 11 is 0. The lowest BCUT2D eigenvalue weighted by Gasteiger charge is -2.35. The van der Waals surface area contributed by atoms with Crippen molar-refractivity contribution in [3.05, 3.63) is 23.9 Å². The third-order valence-corrected chi connectivity index (χ3v) is 6.03.